The van der Waals surface area contributed by atoms with Gasteiger partial charge in [0.1, 0.15) is 11.5 Å². The van der Waals surface area contributed by atoms with E-state index in [9.17, 15) is 4.79 Å². The van der Waals surface area contributed by atoms with Crippen molar-refractivity contribution in [3.8, 4) is 0 Å². The first-order valence-corrected chi connectivity index (χ1v) is 4.38. The molecule has 0 bridgehead atoms. The molecule has 0 fully saturated rings. The smallest absolute Gasteiger partial charge is 0.330 e. The Morgan fingerprint density at radius 3 is 2.57 bits per heavy atom. The minimum atomic E-state index is -0.347. The van der Waals surface area contributed by atoms with Gasteiger partial charge in [0.05, 0.1) is 7.11 Å². The van der Waals surface area contributed by atoms with Gasteiger partial charge in [-0.15, -0.1) is 0 Å². The van der Waals surface area contributed by atoms with Gasteiger partial charge < -0.3 is 9.15 Å². The molecule has 1 aromatic rings. The van der Waals surface area contributed by atoms with E-state index < -0.39 is 0 Å². The van der Waals surface area contributed by atoms with Crippen LogP contribution < -0.4 is 0 Å². The zero-order valence-corrected chi connectivity index (χ0v) is 8.88. The molecule has 0 aliphatic rings. The molecule has 3 heteroatoms. The van der Waals surface area contributed by atoms with Gasteiger partial charge in [-0.25, -0.2) is 4.79 Å². The zero-order chi connectivity index (χ0) is 10.7. The number of methoxy groups -OCH3 is 1. The van der Waals surface area contributed by atoms with Crippen LogP contribution in [0.3, 0.4) is 0 Å². The Balaban J connectivity index is 2.99. The number of rotatable bonds is 2. The van der Waals surface area contributed by atoms with Crippen LogP contribution in [0.1, 0.15) is 24.0 Å². The third kappa shape index (κ3) is 2.25. The second-order valence-electron chi connectivity index (χ2n) is 3.18. The van der Waals surface area contributed by atoms with E-state index in [1.807, 2.05) is 26.8 Å². The third-order valence-electron chi connectivity index (χ3n) is 2.00. The summed E-state index contributed by atoms with van der Waals surface area (Å²) < 4.78 is 9.90. The summed E-state index contributed by atoms with van der Waals surface area (Å²) in [4.78, 5) is 11.0. The average Bonchev–Trinajstić information content (AvgIpc) is 2.45. The summed E-state index contributed by atoms with van der Waals surface area (Å²) in [6.45, 7) is 5.60. The van der Waals surface area contributed by atoms with Crippen LogP contribution in [0.4, 0.5) is 0 Å². The third-order valence-corrected chi connectivity index (χ3v) is 2.00. The fourth-order valence-electron chi connectivity index (χ4n) is 1.34. The molecule has 0 saturated carbocycles. The van der Waals surface area contributed by atoms with Crippen molar-refractivity contribution in [1.82, 2.24) is 0 Å². The van der Waals surface area contributed by atoms with Crippen LogP contribution in [0.25, 0.3) is 5.57 Å². The van der Waals surface area contributed by atoms with Crippen LogP contribution in [-0.4, -0.2) is 13.1 Å². The number of hydrogen-bond donors (Lipinski definition) is 0. The summed E-state index contributed by atoms with van der Waals surface area (Å²) in [5.74, 6) is 1.32. The minimum absolute atomic E-state index is 0.347. The van der Waals surface area contributed by atoms with E-state index in [-0.39, 0.29) is 5.97 Å². The molecule has 0 aromatic carbocycles. The summed E-state index contributed by atoms with van der Waals surface area (Å²) in [7, 11) is 1.36. The van der Waals surface area contributed by atoms with Crippen LogP contribution in [0.15, 0.2) is 16.6 Å². The van der Waals surface area contributed by atoms with Gasteiger partial charge in [0.25, 0.3) is 0 Å². The maximum atomic E-state index is 11.0. The maximum absolute atomic E-state index is 11.0. The first kappa shape index (κ1) is 10.6. The first-order chi connectivity index (χ1) is 6.54. The minimum Gasteiger partial charge on any atom is -0.466 e. The quantitative estimate of drug-likeness (QED) is 0.536. The van der Waals surface area contributed by atoms with Crippen molar-refractivity contribution in [3.63, 3.8) is 0 Å². The average molecular weight is 194 g/mol. The lowest BCUT2D eigenvalue weighted by Gasteiger charge is -1.97. The second kappa shape index (κ2) is 4.13. The molecule has 0 aliphatic heterocycles. The Kier molecular flexibility index (Phi) is 3.12. The molecular weight excluding hydrogens is 180 g/mol. The summed E-state index contributed by atoms with van der Waals surface area (Å²) in [5, 5.41) is 0. The fraction of sp³-hybridized carbons (Fsp3) is 0.364. The molecule has 3 nitrogen and oxygen atoms in total. The van der Waals surface area contributed by atoms with E-state index in [0.29, 0.717) is 0 Å². The lowest BCUT2D eigenvalue weighted by atomic mass is 10.1. The van der Waals surface area contributed by atoms with Crippen molar-refractivity contribution >= 4 is 11.5 Å². The first-order valence-electron chi connectivity index (χ1n) is 4.38. The maximum Gasteiger partial charge on any atom is 0.330 e. The molecule has 76 valence electrons. The number of carbonyl (C=O) groups excluding carboxylic acids is 1. The van der Waals surface area contributed by atoms with Crippen molar-refractivity contribution < 1.29 is 13.9 Å². The molecule has 0 N–H and O–H groups in total. The Hall–Kier alpha value is -1.51. The summed E-state index contributed by atoms with van der Waals surface area (Å²) >= 11 is 0. The number of allylic oxidation sites excluding steroid dienone is 1. The Morgan fingerprint density at radius 2 is 2.14 bits per heavy atom. The molecule has 14 heavy (non-hydrogen) atoms. The molecular formula is C11H14O3. The van der Waals surface area contributed by atoms with E-state index >= 15 is 0 Å². The van der Waals surface area contributed by atoms with E-state index in [2.05, 4.69) is 4.74 Å². The second-order valence-corrected chi connectivity index (χ2v) is 3.18. The predicted octanol–water partition coefficient (Wildman–Crippen LogP) is 2.47. The van der Waals surface area contributed by atoms with Crippen LogP contribution >= 0.6 is 0 Å². The molecule has 1 heterocycles. The van der Waals surface area contributed by atoms with Crippen molar-refractivity contribution in [2.24, 2.45) is 0 Å². The largest absolute Gasteiger partial charge is 0.466 e. The molecule has 0 spiro atoms. The van der Waals surface area contributed by atoms with Crippen molar-refractivity contribution in [2.45, 2.75) is 20.8 Å². The number of carbonyl (C=O) groups is 1. The van der Waals surface area contributed by atoms with Gasteiger partial charge in [-0.1, -0.05) is 0 Å². The lowest BCUT2D eigenvalue weighted by molar-refractivity contribution is -0.134. The van der Waals surface area contributed by atoms with Gasteiger partial charge in [-0.05, 0) is 32.4 Å². The highest BCUT2D eigenvalue weighted by molar-refractivity contribution is 5.91. The van der Waals surface area contributed by atoms with Crippen molar-refractivity contribution in [3.05, 3.63) is 29.2 Å². The van der Waals surface area contributed by atoms with Crippen LogP contribution in [0.5, 0.6) is 0 Å². The summed E-state index contributed by atoms with van der Waals surface area (Å²) in [5.41, 5.74) is 1.80. The van der Waals surface area contributed by atoms with E-state index in [4.69, 9.17) is 4.42 Å². The number of furan rings is 1. The van der Waals surface area contributed by atoms with Gasteiger partial charge in [0.15, 0.2) is 0 Å². The highest BCUT2D eigenvalue weighted by Crippen LogP contribution is 2.21. The standard InChI is InChI=1S/C11H14O3/c1-7(5-11(12)13-4)10-6-8(2)14-9(10)3/h5-6H,1-4H3/b7-5-. The highest BCUT2D eigenvalue weighted by Gasteiger charge is 2.07. The monoisotopic (exact) mass is 194 g/mol. The molecule has 0 saturated heterocycles. The molecule has 0 aliphatic carbocycles. The Bertz CT molecular complexity index is 372. The van der Waals surface area contributed by atoms with Crippen molar-refractivity contribution in [1.29, 1.82) is 0 Å². The number of hydrogen-bond acceptors (Lipinski definition) is 3. The SMILES string of the molecule is COC(=O)/C=C(/C)c1cc(C)oc1C. The Labute approximate surface area is 83.4 Å². The normalized spacial score (nSPS) is 11.6. The molecule has 0 unspecified atom stereocenters. The fourth-order valence-corrected chi connectivity index (χ4v) is 1.34. The number of esters is 1. The highest BCUT2D eigenvalue weighted by atomic mass is 16.5. The molecule has 0 atom stereocenters. The van der Waals surface area contributed by atoms with Gasteiger partial charge >= 0.3 is 5.97 Å². The van der Waals surface area contributed by atoms with Crippen LogP contribution in [-0.2, 0) is 9.53 Å². The van der Waals surface area contributed by atoms with Gasteiger partial charge in [0, 0.05) is 11.6 Å². The van der Waals surface area contributed by atoms with Gasteiger partial charge in [-0.2, -0.15) is 0 Å². The molecule has 1 rings (SSSR count). The molecule has 0 radical (unpaired) electrons. The van der Waals surface area contributed by atoms with E-state index in [1.165, 1.54) is 13.2 Å². The number of ether oxygens (including phenoxy) is 1. The van der Waals surface area contributed by atoms with Crippen LogP contribution in [0, 0.1) is 13.8 Å². The topological polar surface area (TPSA) is 39.4 Å². The van der Waals surface area contributed by atoms with Gasteiger partial charge in [0.2, 0.25) is 0 Å². The zero-order valence-electron chi connectivity index (χ0n) is 8.88. The van der Waals surface area contributed by atoms with E-state index in [0.717, 1.165) is 22.7 Å². The predicted molar refractivity (Wildman–Crippen MR) is 53.8 cm³/mol. The molecule has 0 amide bonds. The summed E-state index contributed by atoms with van der Waals surface area (Å²) in [6, 6.07) is 1.91. The van der Waals surface area contributed by atoms with Crippen LogP contribution in [0.2, 0.25) is 0 Å². The number of aryl methyl sites for hydroxylation is 2. The molecule has 1 aromatic heterocycles. The van der Waals surface area contributed by atoms with E-state index in [1.54, 1.807) is 0 Å². The Morgan fingerprint density at radius 1 is 1.50 bits per heavy atom. The van der Waals surface area contributed by atoms with Crippen molar-refractivity contribution in [2.75, 3.05) is 7.11 Å². The lowest BCUT2D eigenvalue weighted by Crippen LogP contribution is -1.95. The summed E-state index contributed by atoms with van der Waals surface area (Å²) in [6.07, 6.45) is 1.46. The van der Waals surface area contributed by atoms with Gasteiger partial charge in [-0.3, -0.25) is 0 Å².